The minimum absolute atomic E-state index is 0.0108. The van der Waals surface area contributed by atoms with Crippen LogP contribution < -0.4 is 5.32 Å². The lowest BCUT2D eigenvalue weighted by atomic mass is 9.90. The van der Waals surface area contributed by atoms with Gasteiger partial charge in [0, 0.05) is 20.3 Å². The summed E-state index contributed by atoms with van der Waals surface area (Å²) in [7, 11) is 1.65. The summed E-state index contributed by atoms with van der Waals surface area (Å²) < 4.78 is 4.99. The second kappa shape index (κ2) is 8.36. The molecule has 0 saturated heterocycles. The summed E-state index contributed by atoms with van der Waals surface area (Å²) in [5, 5.41) is 11.2. The van der Waals surface area contributed by atoms with Gasteiger partial charge in [-0.15, -0.1) is 11.8 Å². The fraction of sp³-hybridized carbons (Fsp3) is 0.818. The Morgan fingerprint density at radius 3 is 2.53 bits per heavy atom. The van der Waals surface area contributed by atoms with Gasteiger partial charge in [0.1, 0.15) is 0 Å². The van der Waals surface area contributed by atoms with E-state index in [0.29, 0.717) is 13.2 Å². The molecule has 5 nitrogen and oxygen atoms in total. The molecule has 0 radical (unpaired) electrons. The van der Waals surface area contributed by atoms with Crippen molar-refractivity contribution in [1.29, 1.82) is 0 Å². The van der Waals surface area contributed by atoms with Crippen molar-refractivity contribution in [3.05, 3.63) is 0 Å². The number of carbonyl (C=O) groups excluding carboxylic acids is 1. The highest BCUT2D eigenvalue weighted by Gasteiger charge is 2.18. The first-order chi connectivity index (χ1) is 7.87. The van der Waals surface area contributed by atoms with E-state index in [1.807, 2.05) is 0 Å². The van der Waals surface area contributed by atoms with E-state index in [4.69, 9.17) is 9.84 Å². The molecule has 0 aromatic carbocycles. The lowest BCUT2D eigenvalue weighted by Crippen LogP contribution is -2.35. The second-order valence-corrected chi connectivity index (χ2v) is 5.56. The Morgan fingerprint density at radius 1 is 1.35 bits per heavy atom. The molecular formula is C11H21NO4S. The summed E-state index contributed by atoms with van der Waals surface area (Å²) in [4.78, 5) is 21.6. The van der Waals surface area contributed by atoms with Crippen molar-refractivity contribution in [3.8, 4) is 0 Å². The van der Waals surface area contributed by atoms with E-state index in [9.17, 15) is 9.59 Å². The predicted octanol–water partition coefficient (Wildman–Crippen LogP) is 0.983. The third-order valence-corrected chi connectivity index (χ3v) is 3.12. The fourth-order valence-electron chi connectivity index (χ4n) is 1.09. The molecule has 0 heterocycles. The van der Waals surface area contributed by atoms with Crippen molar-refractivity contribution in [1.82, 2.24) is 5.32 Å². The molecule has 1 amide bonds. The molecule has 0 spiro atoms. The minimum Gasteiger partial charge on any atom is -0.481 e. The largest absolute Gasteiger partial charge is 0.481 e. The maximum absolute atomic E-state index is 11.4. The molecule has 0 aliphatic carbocycles. The molecule has 0 aliphatic rings. The van der Waals surface area contributed by atoms with Crippen molar-refractivity contribution in [2.45, 2.75) is 20.3 Å². The van der Waals surface area contributed by atoms with Gasteiger partial charge in [0.2, 0.25) is 5.91 Å². The Hall–Kier alpha value is -0.750. The summed E-state index contributed by atoms with van der Waals surface area (Å²) in [6.45, 7) is 5.34. The highest BCUT2D eigenvalue weighted by Crippen LogP contribution is 2.18. The van der Waals surface area contributed by atoms with Gasteiger partial charge in [0.25, 0.3) is 0 Å². The topological polar surface area (TPSA) is 75.6 Å². The molecule has 0 unspecified atom stereocenters. The van der Waals surface area contributed by atoms with Crippen LogP contribution in [0.4, 0.5) is 0 Å². The number of amides is 1. The maximum Gasteiger partial charge on any atom is 0.313 e. The van der Waals surface area contributed by atoms with Crippen molar-refractivity contribution in [2.75, 3.05) is 31.8 Å². The highest BCUT2D eigenvalue weighted by molar-refractivity contribution is 8.00. The molecule has 2 N–H and O–H groups in total. The van der Waals surface area contributed by atoms with Gasteiger partial charge in [-0.1, -0.05) is 13.8 Å². The molecule has 100 valence electrons. The van der Waals surface area contributed by atoms with Crippen LogP contribution in [0.1, 0.15) is 20.3 Å². The number of aliphatic carboxylic acids is 1. The number of carboxylic acids is 1. The van der Waals surface area contributed by atoms with Crippen molar-refractivity contribution < 1.29 is 19.4 Å². The normalized spacial score (nSPS) is 11.2. The van der Waals surface area contributed by atoms with Crippen LogP contribution in [0.3, 0.4) is 0 Å². The van der Waals surface area contributed by atoms with Gasteiger partial charge in [-0.25, -0.2) is 0 Å². The summed E-state index contributed by atoms with van der Waals surface area (Å²) in [6.07, 6.45) is 0.867. The van der Waals surface area contributed by atoms with Crippen LogP contribution in [0.15, 0.2) is 0 Å². The van der Waals surface area contributed by atoms with Crippen LogP contribution in [-0.4, -0.2) is 48.8 Å². The number of ether oxygens (including phenoxy) is 1. The van der Waals surface area contributed by atoms with Crippen LogP contribution in [-0.2, 0) is 14.3 Å². The van der Waals surface area contributed by atoms with E-state index in [0.717, 1.165) is 18.2 Å². The summed E-state index contributed by atoms with van der Waals surface area (Å²) >= 11 is 1.10. The lowest BCUT2D eigenvalue weighted by molar-refractivity contribution is -0.133. The Labute approximate surface area is 106 Å². The number of rotatable bonds is 9. The molecule has 0 rings (SSSR count). The van der Waals surface area contributed by atoms with Gasteiger partial charge in [-0.3, -0.25) is 9.59 Å². The van der Waals surface area contributed by atoms with Crippen LogP contribution in [0.5, 0.6) is 0 Å². The van der Waals surface area contributed by atoms with Gasteiger partial charge in [0.15, 0.2) is 0 Å². The third-order valence-electron chi connectivity index (χ3n) is 2.21. The first-order valence-corrected chi connectivity index (χ1v) is 6.58. The maximum atomic E-state index is 11.4. The Bertz CT molecular complexity index is 256. The van der Waals surface area contributed by atoms with Gasteiger partial charge >= 0.3 is 5.97 Å². The van der Waals surface area contributed by atoms with E-state index >= 15 is 0 Å². The average molecular weight is 263 g/mol. The number of nitrogens with one attached hydrogen (secondary N) is 1. The Balaban J connectivity index is 3.71. The molecule has 0 saturated carbocycles. The monoisotopic (exact) mass is 263 g/mol. The zero-order valence-electron chi connectivity index (χ0n) is 10.6. The first-order valence-electron chi connectivity index (χ1n) is 5.42. The predicted molar refractivity (Wildman–Crippen MR) is 68.2 cm³/mol. The van der Waals surface area contributed by atoms with Crippen LogP contribution in [0, 0.1) is 5.41 Å². The SMILES string of the molecule is COCCC(C)(C)CNC(=O)CSCC(=O)O. The number of hydrogen-bond donors (Lipinski definition) is 2. The zero-order valence-corrected chi connectivity index (χ0v) is 11.4. The molecule has 6 heteroatoms. The summed E-state index contributed by atoms with van der Waals surface area (Å²) in [5.74, 6) is -0.877. The lowest BCUT2D eigenvalue weighted by Gasteiger charge is -2.24. The van der Waals surface area contributed by atoms with Crippen LogP contribution in [0.25, 0.3) is 0 Å². The molecule has 0 bridgehead atoms. The van der Waals surface area contributed by atoms with Crippen LogP contribution in [0.2, 0.25) is 0 Å². The van der Waals surface area contributed by atoms with E-state index in [1.54, 1.807) is 7.11 Å². The minimum atomic E-state index is -0.900. The van der Waals surface area contributed by atoms with Crippen molar-refractivity contribution in [2.24, 2.45) is 5.41 Å². The Morgan fingerprint density at radius 2 is 2.00 bits per heavy atom. The second-order valence-electron chi connectivity index (χ2n) is 4.57. The van der Waals surface area contributed by atoms with Gasteiger partial charge in [-0.05, 0) is 11.8 Å². The number of carboxylic acid groups (broad SMARTS) is 1. The zero-order chi connectivity index (χ0) is 13.3. The van der Waals surface area contributed by atoms with E-state index < -0.39 is 5.97 Å². The van der Waals surface area contributed by atoms with Crippen molar-refractivity contribution in [3.63, 3.8) is 0 Å². The van der Waals surface area contributed by atoms with Crippen LogP contribution >= 0.6 is 11.8 Å². The molecule has 0 aromatic heterocycles. The number of hydrogen-bond acceptors (Lipinski definition) is 4. The molecular weight excluding hydrogens is 242 g/mol. The molecule has 17 heavy (non-hydrogen) atoms. The fourth-order valence-corrected chi connectivity index (χ4v) is 1.65. The molecule has 0 fully saturated rings. The van der Waals surface area contributed by atoms with E-state index in [-0.39, 0.29) is 22.8 Å². The van der Waals surface area contributed by atoms with E-state index in [1.165, 1.54) is 0 Å². The summed E-state index contributed by atoms with van der Waals surface area (Å²) in [6, 6.07) is 0. The standard InChI is InChI=1S/C11H21NO4S/c1-11(2,4-5-16-3)8-12-9(13)6-17-7-10(14)15/h4-8H2,1-3H3,(H,12,13)(H,14,15). The average Bonchev–Trinajstić information content (AvgIpc) is 2.23. The number of thioether (sulfide) groups is 1. The molecule has 0 atom stereocenters. The highest BCUT2D eigenvalue weighted by atomic mass is 32.2. The number of carbonyl (C=O) groups is 2. The number of methoxy groups -OCH3 is 1. The summed E-state index contributed by atoms with van der Waals surface area (Å²) in [5.41, 5.74) is -0.0108. The molecule has 0 aliphatic heterocycles. The van der Waals surface area contributed by atoms with E-state index in [2.05, 4.69) is 19.2 Å². The third kappa shape index (κ3) is 10.1. The quantitative estimate of drug-likeness (QED) is 0.648. The Kier molecular flexibility index (Phi) is 7.99. The van der Waals surface area contributed by atoms with Gasteiger partial charge in [-0.2, -0.15) is 0 Å². The van der Waals surface area contributed by atoms with Gasteiger partial charge in [0.05, 0.1) is 11.5 Å². The van der Waals surface area contributed by atoms with Crippen molar-refractivity contribution >= 4 is 23.6 Å². The first kappa shape index (κ1) is 16.2. The molecule has 0 aromatic rings. The smallest absolute Gasteiger partial charge is 0.313 e. The van der Waals surface area contributed by atoms with Gasteiger partial charge < -0.3 is 15.2 Å².